The maximum absolute atomic E-state index is 11.7. The summed E-state index contributed by atoms with van der Waals surface area (Å²) in [7, 11) is 1.72. The number of nitrogens with one attached hydrogen (secondary N) is 1. The fourth-order valence-corrected chi connectivity index (χ4v) is 5.28. The summed E-state index contributed by atoms with van der Waals surface area (Å²) < 4.78 is 6.70. The van der Waals surface area contributed by atoms with Gasteiger partial charge in [0.25, 0.3) is 0 Å². The number of thiophene rings is 1. The molecule has 5 heterocycles. The summed E-state index contributed by atoms with van der Waals surface area (Å²) in [5.74, 6) is 2.17. The van der Waals surface area contributed by atoms with E-state index in [9.17, 15) is 4.79 Å². The number of pyridine rings is 1. The fraction of sp³-hybridized carbons (Fsp3) is 0.478. The van der Waals surface area contributed by atoms with Crippen LogP contribution >= 0.6 is 11.3 Å². The first kappa shape index (κ1) is 22.1. The van der Waals surface area contributed by atoms with Crippen molar-refractivity contribution in [3.05, 3.63) is 29.3 Å². The number of ether oxygens (including phenoxy) is 1. The van der Waals surface area contributed by atoms with Crippen molar-refractivity contribution in [2.24, 2.45) is 0 Å². The number of anilines is 2. The van der Waals surface area contributed by atoms with Gasteiger partial charge in [-0.25, -0.2) is 15.0 Å². The SMILES string of the molecule is CC(=O)N(C)c1ccc(-c2nc(N3CCOCC3)c3sc(CN4CCNCC4)cc3n2)cn1. The minimum Gasteiger partial charge on any atom is -0.378 e. The van der Waals surface area contributed by atoms with Gasteiger partial charge in [-0.3, -0.25) is 9.69 Å². The third-order valence-electron chi connectivity index (χ3n) is 6.13. The van der Waals surface area contributed by atoms with Gasteiger partial charge in [0.1, 0.15) is 5.82 Å². The first-order valence-corrected chi connectivity index (χ1v) is 12.2. The van der Waals surface area contributed by atoms with Crippen LogP contribution in [0.4, 0.5) is 11.6 Å². The van der Waals surface area contributed by atoms with Crippen molar-refractivity contribution in [2.45, 2.75) is 13.5 Å². The van der Waals surface area contributed by atoms with Crippen LogP contribution in [0.25, 0.3) is 21.6 Å². The van der Waals surface area contributed by atoms with Crippen LogP contribution in [0.2, 0.25) is 0 Å². The highest BCUT2D eigenvalue weighted by molar-refractivity contribution is 7.19. The van der Waals surface area contributed by atoms with E-state index in [2.05, 4.69) is 26.2 Å². The van der Waals surface area contributed by atoms with Crippen molar-refractivity contribution in [1.82, 2.24) is 25.2 Å². The predicted octanol–water partition coefficient (Wildman–Crippen LogP) is 1.98. The zero-order valence-corrected chi connectivity index (χ0v) is 19.9. The van der Waals surface area contributed by atoms with Gasteiger partial charge in [-0.1, -0.05) is 0 Å². The number of piperazine rings is 1. The average molecular weight is 468 g/mol. The Morgan fingerprint density at radius 2 is 1.97 bits per heavy atom. The summed E-state index contributed by atoms with van der Waals surface area (Å²) >= 11 is 1.80. The maximum Gasteiger partial charge on any atom is 0.224 e. The van der Waals surface area contributed by atoms with Crippen LogP contribution in [-0.4, -0.2) is 85.3 Å². The molecule has 3 aromatic heterocycles. The van der Waals surface area contributed by atoms with Gasteiger partial charge in [-0.15, -0.1) is 11.3 Å². The molecule has 3 aromatic rings. The second kappa shape index (κ2) is 9.68. The monoisotopic (exact) mass is 467 g/mol. The van der Waals surface area contributed by atoms with Crippen LogP contribution in [0, 0.1) is 0 Å². The molecule has 1 amide bonds. The molecule has 2 fully saturated rings. The van der Waals surface area contributed by atoms with E-state index in [4.69, 9.17) is 14.7 Å². The maximum atomic E-state index is 11.7. The Morgan fingerprint density at radius 1 is 1.18 bits per heavy atom. The van der Waals surface area contributed by atoms with E-state index in [-0.39, 0.29) is 5.91 Å². The number of carbonyl (C=O) groups is 1. The molecule has 0 atom stereocenters. The van der Waals surface area contributed by atoms with Crippen LogP contribution in [0.15, 0.2) is 24.4 Å². The first-order chi connectivity index (χ1) is 16.1. The van der Waals surface area contributed by atoms with Crippen LogP contribution in [0.1, 0.15) is 11.8 Å². The standard InChI is InChI=1S/C23H29N7O2S/c1-16(31)28(2)20-4-3-17(14-25-20)22-26-19-13-18(15-29-7-5-24-6-8-29)33-21(19)23(27-22)30-9-11-32-12-10-30/h3-4,13-14,24H,5-12,15H2,1-2H3. The zero-order valence-electron chi connectivity index (χ0n) is 19.1. The van der Waals surface area contributed by atoms with Crippen molar-refractivity contribution in [2.75, 3.05) is 69.3 Å². The van der Waals surface area contributed by atoms with Crippen molar-refractivity contribution in [3.63, 3.8) is 0 Å². The second-order valence-corrected chi connectivity index (χ2v) is 9.54. The Kier molecular flexibility index (Phi) is 6.50. The molecule has 2 aliphatic heterocycles. The molecule has 5 rings (SSSR count). The lowest BCUT2D eigenvalue weighted by atomic mass is 10.2. The Balaban J connectivity index is 1.51. The Hall–Kier alpha value is -2.66. The lowest BCUT2D eigenvalue weighted by Crippen LogP contribution is -2.42. The molecule has 0 aliphatic carbocycles. The molecule has 2 saturated heterocycles. The van der Waals surface area contributed by atoms with Crippen molar-refractivity contribution < 1.29 is 9.53 Å². The highest BCUT2D eigenvalue weighted by Crippen LogP contribution is 2.35. The molecular formula is C23H29N7O2S. The summed E-state index contributed by atoms with van der Waals surface area (Å²) in [5, 5.41) is 3.42. The van der Waals surface area contributed by atoms with Gasteiger partial charge in [0.05, 0.1) is 23.4 Å². The van der Waals surface area contributed by atoms with E-state index in [1.54, 1.807) is 24.6 Å². The van der Waals surface area contributed by atoms with Gasteiger partial charge < -0.3 is 19.9 Å². The average Bonchev–Trinajstić information content (AvgIpc) is 3.26. The number of aromatic nitrogens is 3. The number of amides is 1. The van der Waals surface area contributed by atoms with Crippen LogP contribution in [0.5, 0.6) is 0 Å². The van der Waals surface area contributed by atoms with Crippen molar-refractivity contribution in [3.8, 4) is 11.4 Å². The first-order valence-electron chi connectivity index (χ1n) is 11.4. The molecule has 0 spiro atoms. The van der Waals surface area contributed by atoms with E-state index in [1.165, 1.54) is 16.7 Å². The molecule has 1 N–H and O–H groups in total. The Morgan fingerprint density at radius 3 is 2.67 bits per heavy atom. The summed E-state index contributed by atoms with van der Waals surface area (Å²) in [6.07, 6.45) is 1.74. The molecule has 33 heavy (non-hydrogen) atoms. The molecule has 0 unspecified atom stereocenters. The molecule has 0 radical (unpaired) electrons. The van der Waals surface area contributed by atoms with E-state index in [0.717, 1.165) is 67.4 Å². The summed E-state index contributed by atoms with van der Waals surface area (Å²) in [6, 6.07) is 5.98. The van der Waals surface area contributed by atoms with Gasteiger partial charge in [0.2, 0.25) is 5.91 Å². The molecule has 0 aromatic carbocycles. The smallest absolute Gasteiger partial charge is 0.224 e. The molecule has 0 saturated carbocycles. The number of hydrogen-bond donors (Lipinski definition) is 1. The number of rotatable bonds is 5. The fourth-order valence-electron chi connectivity index (χ4n) is 4.13. The number of carbonyl (C=O) groups excluding carboxylic acids is 1. The topological polar surface area (TPSA) is 86.7 Å². The molecule has 2 aliphatic rings. The largest absolute Gasteiger partial charge is 0.378 e. The minimum atomic E-state index is -0.0576. The lowest BCUT2D eigenvalue weighted by molar-refractivity contribution is -0.116. The predicted molar refractivity (Wildman–Crippen MR) is 131 cm³/mol. The number of fused-ring (bicyclic) bond motifs is 1. The van der Waals surface area contributed by atoms with E-state index in [1.807, 2.05) is 12.1 Å². The summed E-state index contributed by atoms with van der Waals surface area (Å²) in [6.45, 7) is 9.70. The van der Waals surface area contributed by atoms with Crippen molar-refractivity contribution >= 4 is 39.1 Å². The van der Waals surface area contributed by atoms with Crippen LogP contribution in [-0.2, 0) is 16.1 Å². The second-order valence-electron chi connectivity index (χ2n) is 8.41. The molecular weight excluding hydrogens is 438 g/mol. The molecule has 9 nitrogen and oxygen atoms in total. The zero-order chi connectivity index (χ0) is 22.8. The minimum absolute atomic E-state index is 0.0576. The van der Waals surface area contributed by atoms with E-state index < -0.39 is 0 Å². The Labute approximate surface area is 197 Å². The molecule has 10 heteroatoms. The molecule has 0 bridgehead atoms. The van der Waals surface area contributed by atoms with Gasteiger partial charge in [-0.05, 0) is 18.2 Å². The quantitative estimate of drug-likeness (QED) is 0.610. The van der Waals surface area contributed by atoms with Crippen LogP contribution < -0.4 is 15.1 Å². The molecule has 174 valence electrons. The van der Waals surface area contributed by atoms with Gasteiger partial charge in [0.15, 0.2) is 11.6 Å². The van der Waals surface area contributed by atoms with Crippen LogP contribution in [0.3, 0.4) is 0 Å². The lowest BCUT2D eigenvalue weighted by Gasteiger charge is -2.28. The number of morpholine rings is 1. The summed E-state index contributed by atoms with van der Waals surface area (Å²) in [5.41, 5.74) is 1.81. The van der Waals surface area contributed by atoms with E-state index in [0.29, 0.717) is 24.9 Å². The number of hydrogen-bond acceptors (Lipinski definition) is 9. The van der Waals surface area contributed by atoms with Crippen molar-refractivity contribution in [1.29, 1.82) is 0 Å². The van der Waals surface area contributed by atoms with E-state index >= 15 is 0 Å². The summed E-state index contributed by atoms with van der Waals surface area (Å²) in [4.78, 5) is 33.6. The highest BCUT2D eigenvalue weighted by atomic mass is 32.1. The third-order valence-corrected chi connectivity index (χ3v) is 7.23. The third kappa shape index (κ3) is 4.84. The van der Waals surface area contributed by atoms with Gasteiger partial charge in [0, 0.05) is 76.4 Å². The normalized spacial score (nSPS) is 17.5. The highest BCUT2D eigenvalue weighted by Gasteiger charge is 2.21. The Bertz CT molecular complexity index is 1120. The number of nitrogens with zero attached hydrogens (tertiary/aromatic N) is 6. The van der Waals surface area contributed by atoms with Gasteiger partial charge >= 0.3 is 0 Å². The van der Waals surface area contributed by atoms with Gasteiger partial charge in [-0.2, -0.15) is 0 Å².